The van der Waals surface area contributed by atoms with Gasteiger partial charge in [0, 0.05) is 5.56 Å². The molecule has 0 spiro atoms. The Morgan fingerprint density at radius 3 is 2.60 bits per heavy atom. The number of carbonyl (C=O) groups excluding carboxylic acids is 2. The van der Waals surface area contributed by atoms with Gasteiger partial charge in [-0.05, 0) is 19.4 Å². The maximum atomic E-state index is 11.4. The Morgan fingerprint density at radius 1 is 1.40 bits per heavy atom. The quantitative estimate of drug-likeness (QED) is 0.428. The molecule has 0 aliphatic heterocycles. The van der Waals surface area contributed by atoms with Crippen LogP contribution in [0.25, 0.3) is 5.57 Å². The van der Waals surface area contributed by atoms with Crippen LogP contribution in [0.3, 0.4) is 0 Å². The van der Waals surface area contributed by atoms with Gasteiger partial charge in [-0.1, -0.05) is 24.3 Å². The number of aryl methyl sites for hydroxylation is 1. The van der Waals surface area contributed by atoms with E-state index in [2.05, 4.69) is 0 Å². The van der Waals surface area contributed by atoms with Crippen molar-refractivity contribution >= 4 is 17.5 Å². The van der Waals surface area contributed by atoms with Gasteiger partial charge in [0.1, 0.15) is 5.94 Å². The Labute approximate surface area is 88.4 Å². The van der Waals surface area contributed by atoms with Crippen LogP contribution in [0.5, 0.6) is 0 Å². The van der Waals surface area contributed by atoms with Crippen LogP contribution < -0.4 is 0 Å². The van der Waals surface area contributed by atoms with Crippen LogP contribution in [-0.4, -0.2) is 18.5 Å². The number of esters is 1. The molecule has 0 unspecified atom stereocenters. The highest BCUT2D eigenvalue weighted by atomic mass is 16.5. The first-order chi connectivity index (χ1) is 7.20. The zero-order valence-electron chi connectivity index (χ0n) is 8.74. The number of carbonyl (C=O) groups is 1. The van der Waals surface area contributed by atoms with Crippen molar-refractivity contribution in [2.75, 3.05) is 6.61 Å². The molecule has 0 aliphatic carbocycles. The minimum atomic E-state index is -0.623. The number of ether oxygens (including phenoxy) is 1. The summed E-state index contributed by atoms with van der Waals surface area (Å²) in [5, 5.41) is 0. The summed E-state index contributed by atoms with van der Waals surface area (Å²) in [5.74, 6) is 1.01. The molecule has 0 saturated carbocycles. The first-order valence-electron chi connectivity index (χ1n) is 4.69. The van der Waals surface area contributed by atoms with Crippen LogP contribution in [0, 0.1) is 6.92 Å². The average Bonchev–Trinajstić information content (AvgIpc) is 2.22. The smallest absolute Gasteiger partial charge is 0.350 e. The lowest BCUT2D eigenvalue weighted by atomic mass is 10.0. The second-order valence-electron chi connectivity index (χ2n) is 3.01. The van der Waals surface area contributed by atoms with Crippen molar-refractivity contribution in [3.05, 3.63) is 35.4 Å². The molecule has 0 atom stereocenters. The minimum Gasteiger partial charge on any atom is -0.462 e. The van der Waals surface area contributed by atoms with E-state index in [0.717, 1.165) is 5.56 Å². The largest absolute Gasteiger partial charge is 0.462 e. The molecular weight excluding hydrogens is 192 g/mol. The van der Waals surface area contributed by atoms with Crippen LogP contribution in [0.4, 0.5) is 0 Å². The maximum Gasteiger partial charge on any atom is 0.350 e. The third-order valence-electron chi connectivity index (χ3n) is 2.00. The van der Waals surface area contributed by atoms with Gasteiger partial charge in [0.15, 0.2) is 5.57 Å². The van der Waals surface area contributed by atoms with Gasteiger partial charge < -0.3 is 4.74 Å². The van der Waals surface area contributed by atoms with E-state index in [9.17, 15) is 9.59 Å². The van der Waals surface area contributed by atoms with E-state index in [1.54, 1.807) is 25.0 Å². The Hall–Kier alpha value is -1.86. The normalized spacial score (nSPS) is 9.20. The van der Waals surface area contributed by atoms with E-state index >= 15 is 0 Å². The molecule has 0 saturated heterocycles. The SMILES string of the molecule is CCOC(=O)C(=C=O)c1ccccc1C. The standard InChI is InChI=1S/C12H12O3/c1-3-15-12(14)11(8-13)10-7-5-4-6-9(10)2/h4-7H,3H2,1-2H3. The van der Waals surface area contributed by atoms with E-state index < -0.39 is 5.97 Å². The van der Waals surface area contributed by atoms with Crippen LogP contribution in [0.1, 0.15) is 18.1 Å². The summed E-state index contributed by atoms with van der Waals surface area (Å²) >= 11 is 0. The Bertz CT molecular complexity index is 415. The van der Waals surface area contributed by atoms with Crippen LogP contribution in [-0.2, 0) is 14.3 Å². The monoisotopic (exact) mass is 204 g/mol. The molecule has 3 heteroatoms. The molecule has 0 amide bonds. The van der Waals surface area contributed by atoms with Crippen molar-refractivity contribution in [2.24, 2.45) is 0 Å². The van der Waals surface area contributed by atoms with Gasteiger partial charge in [-0.25, -0.2) is 9.59 Å². The topological polar surface area (TPSA) is 43.4 Å². The molecule has 0 N–H and O–H groups in total. The fraction of sp³-hybridized carbons (Fsp3) is 0.250. The van der Waals surface area contributed by atoms with E-state index in [-0.39, 0.29) is 12.2 Å². The first-order valence-corrected chi connectivity index (χ1v) is 4.69. The zero-order chi connectivity index (χ0) is 11.3. The highest BCUT2D eigenvalue weighted by Gasteiger charge is 2.15. The summed E-state index contributed by atoms with van der Waals surface area (Å²) in [6, 6.07) is 7.13. The molecule has 15 heavy (non-hydrogen) atoms. The van der Waals surface area contributed by atoms with Crippen molar-refractivity contribution in [1.29, 1.82) is 0 Å². The third-order valence-corrected chi connectivity index (χ3v) is 2.00. The van der Waals surface area contributed by atoms with Crippen molar-refractivity contribution in [3.8, 4) is 0 Å². The van der Waals surface area contributed by atoms with Crippen molar-refractivity contribution in [2.45, 2.75) is 13.8 Å². The van der Waals surface area contributed by atoms with E-state index in [0.29, 0.717) is 5.56 Å². The molecule has 78 valence electrons. The van der Waals surface area contributed by atoms with Gasteiger partial charge in [-0.15, -0.1) is 0 Å². The summed E-state index contributed by atoms with van der Waals surface area (Å²) in [6.45, 7) is 3.76. The van der Waals surface area contributed by atoms with Crippen LogP contribution >= 0.6 is 0 Å². The van der Waals surface area contributed by atoms with Crippen molar-refractivity contribution < 1.29 is 14.3 Å². The van der Waals surface area contributed by atoms with Crippen LogP contribution in [0.2, 0.25) is 0 Å². The van der Waals surface area contributed by atoms with Gasteiger partial charge in [0.25, 0.3) is 0 Å². The number of benzene rings is 1. The fourth-order valence-corrected chi connectivity index (χ4v) is 1.26. The van der Waals surface area contributed by atoms with Crippen molar-refractivity contribution in [1.82, 2.24) is 0 Å². The molecule has 1 aromatic carbocycles. The summed E-state index contributed by atoms with van der Waals surface area (Å²) in [4.78, 5) is 22.1. The lowest BCUT2D eigenvalue weighted by Gasteiger charge is -2.05. The molecule has 0 aromatic heterocycles. The first kappa shape index (κ1) is 11.2. The summed E-state index contributed by atoms with van der Waals surface area (Å²) in [7, 11) is 0. The second-order valence-corrected chi connectivity index (χ2v) is 3.01. The van der Waals surface area contributed by atoms with Crippen LogP contribution in [0.15, 0.2) is 24.3 Å². The third kappa shape index (κ3) is 2.55. The van der Waals surface area contributed by atoms with Gasteiger partial charge in [-0.3, -0.25) is 0 Å². The molecule has 0 fully saturated rings. The summed E-state index contributed by atoms with van der Waals surface area (Å²) in [6.07, 6.45) is 0. The summed E-state index contributed by atoms with van der Waals surface area (Å²) in [5.41, 5.74) is 1.38. The van der Waals surface area contributed by atoms with Crippen molar-refractivity contribution in [3.63, 3.8) is 0 Å². The lowest BCUT2D eigenvalue weighted by molar-refractivity contribution is -0.135. The van der Waals surface area contributed by atoms with Gasteiger partial charge in [0.2, 0.25) is 0 Å². The highest BCUT2D eigenvalue weighted by Crippen LogP contribution is 2.17. The van der Waals surface area contributed by atoms with Gasteiger partial charge in [0.05, 0.1) is 6.61 Å². The minimum absolute atomic E-state index is 0.0463. The average molecular weight is 204 g/mol. The Balaban J connectivity index is 3.10. The zero-order valence-corrected chi connectivity index (χ0v) is 8.74. The molecule has 0 radical (unpaired) electrons. The predicted octanol–water partition coefficient (Wildman–Crippen LogP) is 1.77. The van der Waals surface area contributed by atoms with Gasteiger partial charge in [-0.2, -0.15) is 0 Å². The lowest BCUT2D eigenvalue weighted by Crippen LogP contribution is -2.08. The second kappa shape index (κ2) is 5.13. The summed E-state index contributed by atoms with van der Waals surface area (Å²) < 4.78 is 4.77. The van der Waals surface area contributed by atoms with E-state index in [1.165, 1.54) is 0 Å². The molecule has 1 aromatic rings. The molecular formula is C12H12O3. The number of rotatable bonds is 3. The molecule has 1 rings (SSSR count). The Morgan fingerprint density at radius 2 is 2.07 bits per heavy atom. The molecule has 0 bridgehead atoms. The fourth-order valence-electron chi connectivity index (χ4n) is 1.26. The predicted molar refractivity (Wildman–Crippen MR) is 56.9 cm³/mol. The Kier molecular flexibility index (Phi) is 3.83. The number of hydrogen-bond donors (Lipinski definition) is 0. The highest BCUT2D eigenvalue weighted by molar-refractivity contribution is 6.25. The molecule has 0 aliphatic rings. The number of hydrogen-bond acceptors (Lipinski definition) is 3. The maximum absolute atomic E-state index is 11.4. The van der Waals surface area contributed by atoms with E-state index in [1.807, 2.05) is 19.1 Å². The van der Waals surface area contributed by atoms with E-state index in [4.69, 9.17) is 4.74 Å². The molecule has 0 heterocycles. The molecule has 3 nitrogen and oxygen atoms in total. The van der Waals surface area contributed by atoms with Gasteiger partial charge >= 0.3 is 5.97 Å².